The van der Waals surface area contributed by atoms with Gasteiger partial charge >= 0.3 is 5.97 Å². The number of fused-ring (bicyclic) bond motifs is 2. The Kier molecular flexibility index (Phi) is 3.73. The van der Waals surface area contributed by atoms with E-state index in [-0.39, 0.29) is 11.4 Å². The van der Waals surface area contributed by atoms with Crippen LogP contribution in [0.5, 0.6) is 0 Å². The third-order valence-electron chi connectivity index (χ3n) is 3.90. The second-order valence-corrected chi connectivity index (χ2v) is 5.93. The Hall–Kier alpha value is -0.310. The van der Waals surface area contributed by atoms with E-state index in [1.807, 2.05) is 0 Å². The molecule has 3 heteroatoms. The van der Waals surface area contributed by atoms with Crippen LogP contribution < -0.4 is 0 Å². The SMILES string of the molecule is C[C@@]1(C(=O)OCCCCBr)C[C@@H]2C=C[C@H]1C2. The molecule has 3 atom stereocenters. The van der Waals surface area contributed by atoms with Crippen LogP contribution in [0.2, 0.25) is 0 Å². The fourth-order valence-corrected chi connectivity index (χ4v) is 3.25. The Bertz CT molecular complexity index is 300. The largest absolute Gasteiger partial charge is 0.465 e. The summed E-state index contributed by atoms with van der Waals surface area (Å²) in [7, 11) is 0. The predicted octanol–water partition coefficient (Wildman–Crippen LogP) is 3.31. The summed E-state index contributed by atoms with van der Waals surface area (Å²) in [5.41, 5.74) is -0.242. The molecule has 0 aromatic carbocycles. The number of halogens is 1. The van der Waals surface area contributed by atoms with E-state index >= 15 is 0 Å². The number of allylic oxidation sites excluding steroid dienone is 2. The number of hydrogen-bond donors (Lipinski definition) is 0. The quantitative estimate of drug-likeness (QED) is 0.335. The molecule has 2 aliphatic carbocycles. The van der Waals surface area contributed by atoms with E-state index < -0.39 is 0 Å². The molecule has 1 fully saturated rings. The molecular formula is C13H19BrO2. The first-order valence-electron chi connectivity index (χ1n) is 6.08. The van der Waals surface area contributed by atoms with Crippen molar-refractivity contribution in [2.75, 3.05) is 11.9 Å². The van der Waals surface area contributed by atoms with Crippen LogP contribution >= 0.6 is 15.9 Å². The first-order valence-corrected chi connectivity index (χ1v) is 7.20. The van der Waals surface area contributed by atoms with Crippen LogP contribution in [0, 0.1) is 17.3 Å². The normalized spacial score (nSPS) is 35.6. The van der Waals surface area contributed by atoms with Gasteiger partial charge in [0.1, 0.15) is 0 Å². The van der Waals surface area contributed by atoms with Crippen molar-refractivity contribution in [1.29, 1.82) is 0 Å². The summed E-state index contributed by atoms with van der Waals surface area (Å²) in [4.78, 5) is 12.1. The van der Waals surface area contributed by atoms with E-state index in [4.69, 9.17) is 4.74 Å². The van der Waals surface area contributed by atoms with E-state index in [1.165, 1.54) is 0 Å². The molecule has 2 rings (SSSR count). The predicted molar refractivity (Wildman–Crippen MR) is 67.4 cm³/mol. The first-order chi connectivity index (χ1) is 7.66. The lowest BCUT2D eigenvalue weighted by Gasteiger charge is -2.28. The highest BCUT2D eigenvalue weighted by molar-refractivity contribution is 9.09. The van der Waals surface area contributed by atoms with Crippen LogP contribution in [-0.2, 0) is 9.53 Å². The number of ether oxygens (including phenoxy) is 1. The summed E-state index contributed by atoms with van der Waals surface area (Å²) in [6, 6.07) is 0. The lowest BCUT2D eigenvalue weighted by atomic mass is 9.78. The van der Waals surface area contributed by atoms with Crippen molar-refractivity contribution in [1.82, 2.24) is 0 Å². The van der Waals surface area contributed by atoms with Crippen LogP contribution in [0.1, 0.15) is 32.6 Å². The second kappa shape index (κ2) is 4.91. The summed E-state index contributed by atoms with van der Waals surface area (Å²) in [5.74, 6) is 1.05. The molecule has 90 valence electrons. The molecule has 2 nitrogen and oxygen atoms in total. The Morgan fingerprint density at radius 3 is 2.88 bits per heavy atom. The molecule has 0 unspecified atom stereocenters. The summed E-state index contributed by atoms with van der Waals surface area (Å²) in [5, 5.41) is 0.981. The number of esters is 1. The van der Waals surface area contributed by atoms with Gasteiger partial charge in [-0.15, -0.1) is 0 Å². The van der Waals surface area contributed by atoms with E-state index in [0.29, 0.717) is 18.4 Å². The van der Waals surface area contributed by atoms with Crippen LogP contribution in [0.4, 0.5) is 0 Å². The number of rotatable bonds is 5. The molecule has 0 saturated heterocycles. The second-order valence-electron chi connectivity index (χ2n) is 5.14. The Balaban J connectivity index is 1.83. The molecular weight excluding hydrogens is 268 g/mol. The Labute approximate surface area is 106 Å². The molecule has 0 aliphatic heterocycles. The summed E-state index contributed by atoms with van der Waals surface area (Å²) >= 11 is 3.37. The van der Waals surface area contributed by atoms with E-state index in [0.717, 1.165) is 31.0 Å². The minimum atomic E-state index is -0.242. The average molecular weight is 287 g/mol. The van der Waals surface area contributed by atoms with E-state index in [1.54, 1.807) is 0 Å². The molecule has 0 heterocycles. The summed E-state index contributed by atoms with van der Waals surface area (Å²) in [6.45, 7) is 2.63. The van der Waals surface area contributed by atoms with Gasteiger partial charge < -0.3 is 4.74 Å². The third-order valence-corrected chi connectivity index (χ3v) is 4.47. The van der Waals surface area contributed by atoms with Gasteiger partial charge in [0.25, 0.3) is 0 Å². The Morgan fingerprint density at radius 2 is 2.31 bits per heavy atom. The van der Waals surface area contributed by atoms with Gasteiger partial charge in [-0.25, -0.2) is 0 Å². The third kappa shape index (κ3) is 2.20. The summed E-state index contributed by atoms with van der Waals surface area (Å²) < 4.78 is 5.39. The monoisotopic (exact) mass is 286 g/mol. The van der Waals surface area contributed by atoms with Crippen LogP contribution in [0.15, 0.2) is 12.2 Å². The Morgan fingerprint density at radius 1 is 1.50 bits per heavy atom. The molecule has 2 bridgehead atoms. The van der Waals surface area contributed by atoms with Crippen molar-refractivity contribution in [3.8, 4) is 0 Å². The minimum Gasteiger partial charge on any atom is -0.465 e. The smallest absolute Gasteiger partial charge is 0.312 e. The zero-order valence-electron chi connectivity index (χ0n) is 9.75. The lowest BCUT2D eigenvalue weighted by Crippen LogP contribution is -2.34. The molecule has 2 aliphatic rings. The van der Waals surface area contributed by atoms with Crippen molar-refractivity contribution in [2.45, 2.75) is 32.6 Å². The van der Waals surface area contributed by atoms with E-state index in [2.05, 4.69) is 35.0 Å². The number of hydrogen-bond acceptors (Lipinski definition) is 2. The van der Waals surface area contributed by atoms with Crippen LogP contribution in [0.25, 0.3) is 0 Å². The van der Waals surface area contributed by atoms with Crippen LogP contribution in [-0.4, -0.2) is 17.9 Å². The molecule has 1 saturated carbocycles. The average Bonchev–Trinajstić information content (AvgIpc) is 2.84. The standard InChI is InChI=1S/C13H19BrO2/c1-13(9-10-4-5-11(13)8-10)12(15)16-7-3-2-6-14/h4-5,10-11H,2-3,6-9H2,1H3/t10-,11+,13-/m1/s1. The topological polar surface area (TPSA) is 26.3 Å². The van der Waals surface area contributed by atoms with Gasteiger partial charge in [-0.3, -0.25) is 4.79 Å². The lowest BCUT2D eigenvalue weighted by molar-refractivity contribution is -0.156. The fourth-order valence-electron chi connectivity index (χ4n) is 2.86. The highest BCUT2D eigenvalue weighted by Crippen LogP contribution is 2.52. The number of unbranched alkanes of at least 4 members (excludes halogenated alkanes) is 1. The van der Waals surface area contributed by atoms with Gasteiger partial charge in [-0.05, 0) is 44.4 Å². The minimum absolute atomic E-state index is 0.0129. The number of carbonyl (C=O) groups excluding carboxylic acids is 1. The molecule has 0 spiro atoms. The van der Waals surface area contributed by atoms with Gasteiger partial charge in [0, 0.05) is 5.33 Å². The molecule has 0 N–H and O–H groups in total. The highest BCUT2D eigenvalue weighted by Gasteiger charge is 2.50. The van der Waals surface area contributed by atoms with Crippen molar-refractivity contribution in [3.63, 3.8) is 0 Å². The maximum atomic E-state index is 12.1. The van der Waals surface area contributed by atoms with Gasteiger partial charge in [0.15, 0.2) is 0 Å². The maximum Gasteiger partial charge on any atom is 0.312 e. The highest BCUT2D eigenvalue weighted by atomic mass is 79.9. The zero-order chi connectivity index (χ0) is 11.6. The van der Waals surface area contributed by atoms with Crippen molar-refractivity contribution >= 4 is 21.9 Å². The molecule has 16 heavy (non-hydrogen) atoms. The van der Waals surface area contributed by atoms with Gasteiger partial charge in [-0.1, -0.05) is 28.1 Å². The van der Waals surface area contributed by atoms with Gasteiger partial charge in [-0.2, -0.15) is 0 Å². The van der Waals surface area contributed by atoms with Crippen molar-refractivity contribution in [2.24, 2.45) is 17.3 Å². The molecule has 0 aromatic heterocycles. The molecule has 0 aromatic rings. The molecule has 0 radical (unpaired) electrons. The summed E-state index contributed by atoms with van der Waals surface area (Å²) in [6.07, 6.45) is 8.60. The van der Waals surface area contributed by atoms with Gasteiger partial charge in [0.2, 0.25) is 0 Å². The first kappa shape index (κ1) is 12.2. The van der Waals surface area contributed by atoms with Crippen molar-refractivity contribution in [3.05, 3.63) is 12.2 Å². The van der Waals surface area contributed by atoms with Crippen molar-refractivity contribution < 1.29 is 9.53 Å². The zero-order valence-corrected chi connectivity index (χ0v) is 11.3. The number of alkyl halides is 1. The fraction of sp³-hybridized carbons (Fsp3) is 0.769. The number of carbonyl (C=O) groups is 1. The van der Waals surface area contributed by atoms with Gasteiger partial charge in [0.05, 0.1) is 12.0 Å². The molecule has 0 amide bonds. The maximum absolute atomic E-state index is 12.1. The van der Waals surface area contributed by atoms with E-state index in [9.17, 15) is 4.79 Å². The van der Waals surface area contributed by atoms with Crippen LogP contribution in [0.3, 0.4) is 0 Å².